The van der Waals surface area contributed by atoms with Gasteiger partial charge in [0.05, 0.1) is 6.54 Å². The number of hydrogen-bond donors (Lipinski definition) is 2. The van der Waals surface area contributed by atoms with Gasteiger partial charge < -0.3 is 10.1 Å². The summed E-state index contributed by atoms with van der Waals surface area (Å²) in [5.74, 6) is 1.34. The van der Waals surface area contributed by atoms with Crippen molar-refractivity contribution in [1.29, 1.82) is 0 Å². The van der Waals surface area contributed by atoms with E-state index in [0.717, 1.165) is 35.5 Å². The average molecular weight is 407 g/mol. The Morgan fingerprint density at radius 1 is 1.31 bits per heavy atom. The number of aromatic amines is 1. The predicted molar refractivity (Wildman–Crippen MR) is 112 cm³/mol. The average Bonchev–Trinajstić information content (AvgIpc) is 3.52. The first kappa shape index (κ1) is 19.1. The highest BCUT2D eigenvalue weighted by Gasteiger charge is 2.27. The van der Waals surface area contributed by atoms with Crippen LogP contribution in [0, 0.1) is 4.77 Å². The molecule has 0 unspecified atom stereocenters. The largest absolute Gasteiger partial charge is 0.489 e. The number of benzene rings is 1. The summed E-state index contributed by atoms with van der Waals surface area (Å²) in [6, 6.07) is 11.8. The van der Waals surface area contributed by atoms with Gasteiger partial charge >= 0.3 is 0 Å². The maximum atomic E-state index is 12.1. The summed E-state index contributed by atoms with van der Waals surface area (Å²) >= 11 is 5.25. The van der Waals surface area contributed by atoms with E-state index >= 15 is 0 Å². The van der Waals surface area contributed by atoms with Gasteiger partial charge in [0.25, 0.3) is 0 Å². The van der Waals surface area contributed by atoms with Crippen molar-refractivity contribution in [3.05, 3.63) is 76.6 Å². The molecule has 2 heterocycles. The molecule has 8 heteroatoms. The van der Waals surface area contributed by atoms with E-state index in [2.05, 4.69) is 20.5 Å². The standard InChI is InChI=1S/C21H21N5O2S/c27-20(23-13-19-24-25-21(29)26(19)17-6-7-17)10-5-15-3-8-18(9-4-15)28-14-16-2-1-11-22-12-16/h1-5,8-12,17H,6-7,13-14H2,(H,23,27)(H,25,29)/b10-5+. The van der Waals surface area contributed by atoms with Crippen LogP contribution in [0.5, 0.6) is 5.75 Å². The summed E-state index contributed by atoms with van der Waals surface area (Å²) in [6.07, 6.45) is 9.00. The monoisotopic (exact) mass is 407 g/mol. The number of nitrogens with zero attached hydrogens (tertiary/aromatic N) is 3. The molecular weight excluding hydrogens is 386 g/mol. The van der Waals surface area contributed by atoms with Crippen LogP contribution in [0.25, 0.3) is 6.08 Å². The number of nitrogens with one attached hydrogen (secondary N) is 2. The van der Waals surface area contributed by atoms with Crippen LogP contribution >= 0.6 is 12.2 Å². The molecule has 1 aromatic carbocycles. The highest BCUT2D eigenvalue weighted by atomic mass is 32.1. The number of aromatic nitrogens is 4. The number of pyridine rings is 1. The van der Waals surface area contributed by atoms with E-state index in [9.17, 15) is 4.79 Å². The van der Waals surface area contributed by atoms with E-state index in [1.807, 2.05) is 41.0 Å². The Kier molecular flexibility index (Phi) is 5.81. The van der Waals surface area contributed by atoms with Crippen LogP contribution < -0.4 is 10.1 Å². The molecule has 1 aliphatic rings. The molecule has 1 aliphatic carbocycles. The Morgan fingerprint density at radius 2 is 2.14 bits per heavy atom. The van der Waals surface area contributed by atoms with Crippen molar-refractivity contribution >= 4 is 24.2 Å². The lowest BCUT2D eigenvalue weighted by molar-refractivity contribution is -0.116. The lowest BCUT2D eigenvalue weighted by Crippen LogP contribution is -2.22. The Morgan fingerprint density at radius 3 is 2.86 bits per heavy atom. The van der Waals surface area contributed by atoms with Gasteiger partial charge in [0.1, 0.15) is 12.4 Å². The smallest absolute Gasteiger partial charge is 0.244 e. The lowest BCUT2D eigenvalue weighted by atomic mass is 10.2. The van der Waals surface area contributed by atoms with Crippen molar-refractivity contribution in [2.75, 3.05) is 0 Å². The lowest BCUT2D eigenvalue weighted by Gasteiger charge is -2.06. The van der Waals surface area contributed by atoms with Crippen LogP contribution in [0.2, 0.25) is 0 Å². The highest BCUT2D eigenvalue weighted by molar-refractivity contribution is 7.71. The fourth-order valence-electron chi connectivity index (χ4n) is 2.89. The fraction of sp³-hybridized carbons (Fsp3) is 0.238. The van der Waals surface area contributed by atoms with Crippen molar-refractivity contribution < 1.29 is 9.53 Å². The molecule has 4 rings (SSSR count). The topological polar surface area (TPSA) is 84.8 Å². The number of H-pyrrole nitrogens is 1. The third kappa shape index (κ3) is 5.17. The third-order valence-electron chi connectivity index (χ3n) is 4.55. The predicted octanol–water partition coefficient (Wildman–Crippen LogP) is 3.58. The molecule has 0 radical (unpaired) electrons. The summed E-state index contributed by atoms with van der Waals surface area (Å²) in [5, 5.41) is 9.85. The SMILES string of the molecule is O=C(/C=C/c1ccc(OCc2cccnc2)cc1)NCc1n[nH]c(=S)n1C1CC1. The van der Waals surface area contributed by atoms with Crippen molar-refractivity contribution in [2.45, 2.75) is 32.0 Å². The van der Waals surface area contributed by atoms with Gasteiger partial charge in [-0.15, -0.1) is 0 Å². The molecule has 1 fully saturated rings. The van der Waals surface area contributed by atoms with E-state index in [4.69, 9.17) is 17.0 Å². The highest BCUT2D eigenvalue weighted by Crippen LogP contribution is 2.35. The number of hydrogen-bond acceptors (Lipinski definition) is 5. The van der Waals surface area contributed by atoms with Crippen molar-refractivity contribution in [1.82, 2.24) is 25.1 Å². The minimum absolute atomic E-state index is 0.182. The van der Waals surface area contributed by atoms with E-state index < -0.39 is 0 Å². The van der Waals surface area contributed by atoms with Crippen LogP contribution in [0.1, 0.15) is 35.8 Å². The zero-order valence-electron chi connectivity index (χ0n) is 15.7. The molecule has 0 atom stereocenters. The van der Waals surface area contributed by atoms with Crippen LogP contribution in [0.3, 0.4) is 0 Å². The minimum Gasteiger partial charge on any atom is -0.489 e. The number of amides is 1. The van der Waals surface area contributed by atoms with Gasteiger partial charge in [-0.25, -0.2) is 0 Å². The zero-order valence-corrected chi connectivity index (χ0v) is 16.6. The van der Waals surface area contributed by atoms with Crippen LogP contribution in [0.4, 0.5) is 0 Å². The Hall–Kier alpha value is -3.26. The van der Waals surface area contributed by atoms with Crippen molar-refractivity contribution in [2.24, 2.45) is 0 Å². The van der Waals surface area contributed by atoms with Crippen LogP contribution in [-0.2, 0) is 17.9 Å². The molecule has 0 bridgehead atoms. The molecule has 2 aromatic heterocycles. The number of ether oxygens (including phenoxy) is 1. The molecule has 148 valence electrons. The van der Waals surface area contributed by atoms with Crippen molar-refractivity contribution in [3.63, 3.8) is 0 Å². The number of rotatable bonds is 8. The van der Waals surface area contributed by atoms with Gasteiger partial charge in [0.15, 0.2) is 10.6 Å². The Bertz CT molecular complexity index is 1050. The first-order valence-corrected chi connectivity index (χ1v) is 9.83. The molecule has 29 heavy (non-hydrogen) atoms. The molecular formula is C21H21N5O2S. The summed E-state index contributed by atoms with van der Waals surface area (Å²) in [5.41, 5.74) is 1.92. The van der Waals surface area contributed by atoms with E-state index in [0.29, 0.717) is 24.0 Å². The van der Waals surface area contributed by atoms with Gasteiger partial charge in [0.2, 0.25) is 5.91 Å². The van der Waals surface area contributed by atoms with E-state index in [-0.39, 0.29) is 5.91 Å². The first-order chi connectivity index (χ1) is 14.2. The van der Waals surface area contributed by atoms with Crippen LogP contribution in [0.15, 0.2) is 54.9 Å². The zero-order chi connectivity index (χ0) is 20.1. The van der Waals surface area contributed by atoms with Gasteiger partial charge in [0, 0.05) is 30.1 Å². The minimum atomic E-state index is -0.182. The molecule has 0 aliphatic heterocycles. The second-order valence-corrected chi connectivity index (χ2v) is 7.20. The molecule has 3 aromatic rings. The summed E-state index contributed by atoms with van der Waals surface area (Å²) in [6.45, 7) is 0.805. The van der Waals surface area contributed by atoms with Gasteiger partial charge in [-0.2, -0.15) is 5.10 Å². The number of carbonyl (C=O) groups excluding carboxylic acids is 1. The number of carbonyl (C=O) groups is 1. The normalized spacial score (nSPS) is 13.5. The molecule has 7 nitrogen and oxygen atoms in total. The van der Waals surface area contributed by atoms with Gasteiger partial charge in [-0.3, -0.25) is 19.4 Å². The van der Waals surface area contributed by atoms with Crippen LogP contribution in [-0.4, -0.2) is 25.7 Å². The third-order valence-corrected chi connectivity index (χ3v) is 4.83. The second-order valence-electron chi connectivity index (χ2n) is 6.82. The summed E-state index contributed by atoms with van der Waals surface area (Å²) in [4.78, 5) is 16.2. The van der Waals surface area contributed by atoms with E-state index in [1.165, 1.54) is 6.08 Å². The molecule has 1 amide bonds. The quantitative estimate of drug-likeness (QED) is 0.440. The first-order valence-electron chi connectivity index (χ1n) is 9.42. The fourth-order valence-corrected chi connectivity index (χ4v) is 3.19. The van der Waals surface area contributed by atoms with Gasteiger partial charge in [-0.1, -0.05) is 18.2 Å². The van der Waals surface area contributed by atoms with Crippen molar-refractivity contribution in [3.8, 4) is 5.75 Å². The summed E-state index contributed by atoms with van der Waals surface area (Å²) < 4.78 is 8.33. The Labute approximate surface area is 173 Å². The molecule has 1 saturated carbocycles. The van der Waals surface area contributed by atoms with Gasteiger partial charge in [-0.05, 0) is 54.9 Å². The molecule has 0 saturated heterocycles. The maximum absolute atomic E-state index is 12.1. The molecule has 2 N–H and O–H groups in total. The summed E-state index contributed by atoms with van der Waals surface area (Å²) in [7, 11) is 0. The molecule has 0 spiro atoms. The van der Waals surface area contributed by atoms with E-state index in [1.54, 1.807) is 18.5 Å². The Balaban J connectivity index is 1.27. The maximum Gasteiger partial charge on any atom is 0.244 e. The second kappa shape index (κ2) is 8.83.